The number of phenols is 1. The number of aryl methyl sites for hydroxylation is 2. The van der Waals surface area contributed by atoms with Gasteiger partial charge in [-0.05, 0) is 52.0 Å². The van der Waals surface area contributed by atoms with Crippen molar-refractivity contribution in [3.63, 3.8) is 0 Å². The average Bonchev–Trinajstić information content (AvgIpc) is 3.40. The Morgan fingerprint density at radius 1 is 1.09 bits per heavy atom. The van der Waals surface area contributed by atoms with E-state index in [9.17, 15) is 9.90 Å². The zero-order chi connectivity index (χ0) is 24.0. The van der Waals surface area contributed by atoms with Gasteiger partial charge in [-0.1, -0.05) is 6.07 Å². The number of anilines is 1. The van der Waals surface area contributed by atoms with Gasteiger partial charge in [0, 0.05) is 49.5 Å². The van der Waals surface area contributed by atoms with Gasteiger partial charge in [-0.15, -0.1) is 0 Å². The first-order valence-corrected chi connectivity index (χ1v) is 11.6. The van der Waals surface area contributed by atoms with Crippen LogP contribution in [0.15, 0.2) is 47.0 Å². The number of aromatic hydroxyl groups is 1. The van der Waals surface area contributed by atoms with Gasteiger partial charge < -0.3 is 19.3 Å². The molecular weight excluding hydrogens is 430 g/mol. The molecule has 34 heavy (non-hydrogen) atoms. The van der Waals surface area contributed by atoms with Crippen LogP contribution < -0.4 is 4.90 Å². The second kappa shape index (κ2) is 8.52. The third-order valence-corrected chi connectivity index (χ3v) is 6.36. The molecular formula is C26H29N5O3. The lowest BCUT2D eigenvalue weighted by atomic mass is 10.1. The fourth-order valence-electron chi connectivity index (χ4n) is 4.62. The summed E-state index contributed by atoms with van der Waals surface area (Å²) in [5.74, 6) is 1.81. The van der Waals surface area contributed by atoms with Gasteiger partial charge in [0.2, 0.25) is 0 Å². The number of rotatable bonds is 4. The summed E-state index contributed by atoms with van der Waals surface area (Å²) in [6, 6.07) is 11.2. The normalized spacial score (nSPS) is 14.4. The summed E-state index contributed by atoms with van der Waals surface area (Å²) in [7, 11) is 0. The van der Waals surface area contributed by atoms with Crippen molar-refractivity contribution in [3.05, 3.63) is 59.7 Å². The summed E-state index contributed by atoms with van der Waals surface area (Å²) in [4.78, 5) is 22.7. The molecule has 4 aromatic rings. The van der Waals surface area contributed by atoms with Crippen molar-refractivity contribution in [2.45, 2.75) is 33.7 Å². The van der Waals surface area contributed by atoms with Crippen LogP contribution in [0.4, 0.5) is 5.69 Å². The number of hydrogen-bond acceptors (Lipinski definition) is 6. The second-order valence-electron chi connectivity index (χ2n) is 9.10. The van der Waals surface area contributed by atoms with Gasteiger partial charge in [0.05, 0.1) is 22.8 Å². The van der Waals surface area contributed by atoms with Gasteiger partial charge in [0.1, 0.15) is 17.3 Å². The maximum atomic E-state index is 13.7. The molecule has 8 heteroatoms. The predicted octanol–water partition coefficient (Wildman–Crippen LogP) is 4.56. The van der Waals surface area contributed by atoms with Gasteiger partial charge in [-0.3, -0.25) is 4.79 Å². The number of furan rings is 1. The molecule has 4 heterocycles. The van der Waals surface area contributed by atoms with E-state index in [0.717, 1.165) is 28.2 Å². The zero-order valence-corrected chi connectivity index (χ0v) is 19.9. The van der Waals surface area contributed by atoms with Crippen molar-refractivity contribution in [3.8, 4) is 17.0 Å². The highest BCUT2D eigenvalue weighted by Crippen LogP contribution is 2.31. The van der Waals surface area contributed by atoms with Crippen molar-refractivity contribution in [2.24, 2.45) is 0 Å². The van der Waals surface area contributed by atoms with Crippen LogP contribution in [0, 0.1) is 13.8 Å². The van der Waals surface area contributed by atoms with Crippen LogP contribution >= 0.6 is 0 Å². The van der Waals surface area contributed by atoms with Crippen molar-refractivity contribution in [1.82, 2.24) is 19.7 Å². The molecule has 8 nitrogen and oxygen atoms in total. The standard InChI is InChI=1S/C26H29N5O3/c1-16(2)31-25-23(15-27-31)22(14-24(28-25)21-12-17(3)34-18(21)4)26(33)30-10-8-29(9-11-30)19-6-5-7-20(32)13-19/h5-7,12-16,32H,8-11H2,1-4H3. The van der Waals surface area contributed by atoms with Gasteiger partial charge >= 0.3 is 0 Å². The number of pyridine rings is 1. The van der Waals surface area contributed by atoms with Gasteiger partial charge in [-0.25, -0.2) is 9.67 Å². The third kappa shape index (κ3) is 3.89. The number of phenolic OH excluding ortho intramolecular Hbond substituents is 1. The summed E-state index contributed by atoms with van der Waals surface area (Å²) in [6.45, 7) is 10.5. The van der Waals surface area contributed by atoms with E-state index in [1.807, 2.05) is 47.7 Å². The number of hydrogen-bond donors (Lipinski definition) is 1. The topological polar surface area (TPSA) is 87.6 Å². The number of carbonyl (C=O) groups excluding carboxylic acids is 1. The Balaban J connectivity index is 1.49. The van der Waals surface area contributed by atoms with Gasteiger partial charge in [0.25, 0.3) is 5.91 Å². The molecule has 1 saturated heterocycles. The van der Waals surface area contributed by atoms with Crippen LogP contribution in [-0.4, -0.2) is 56.9 Å². The molecule has 0 atom stereocenters. The van der Waals surface area contributed by atoms with E-state index in [1.54, 1.807) is 18.3 Å². The first-order valence-electron chi connectivity index (χ1n) is 11.6. The molecule has 0 spiro atoms. The number of aromatic nitrogens is 3. The molecule has 0 radical (unpaired) electrons. The fraction of sp³-hybridized carbons (Fsp3) is 0.346. The molecule has 176 valence electrons. The lowest BCUT2D eigenvalue weighted by Gasteiger charge is -2.36. The Hall–Kier alpha value is -3.81. The van der Waals surface area contributed by atoms with Crippen molar-refractivity contribution in [1.29, 1.82) is 0 Å². The number of fused-ring (bicyclic) bond motifs is 1. The van der Waals surface area contributed by atoms with Crippen LogP contribution in [0.25, 0.3) is 22.3 Å². The summed E-state index contributed by atoms with van der Waals surface area (Å²) >= 11 is 0. The van der Waals surface area contributed by atoms with Crippen LogP contribution in [0.3, 0.4) is 0 Å². The highest BCUT2D eigenvalue weighted by molar-refractivity contribution is 6.06. The quantitative estimate of drug-likeness (QED) is 0.482. The number of carbonyl (C=O) groups is 1. The van der Waals surface area contributed by atoms with E-state index in [4.69, 9.17) is 9.40 Å². The van der Waals surface area contributed by atoms with Crippen LogP contribution in [-0.2, 0) is 0 Å². The molecule has 1 aromatic carbocycles. The Morgan fingerprint density at radius 3 is 2.50 bits per heavy atom. The molecule has 0 unspecified atom stereocenters. The molecule has 1 amide bonds. The van der Waals surface area contributed by atoms with E-state index in [1.165, 1.54) is 0 Å². The van der Waals surface area contributed by atoms with E-state index >= 15 is 0 Å². The third-order valence-electron chi connectivity index (χ3n) is 6.36. The lowest BCUT2D eigenvalue weighted by molar-refractivity contribution is 0.0748. The maximum absolute atomic E-state index is 13.7. The zero-order valence-electron chi connectivity index (χ0n) is 19.9. The highest BCUT2D eigenvalue weighted by Gasteiger charge is 2.26. The molecule has 1 fully saturated rings. The smallest absolute Gasteiger partial charge is 0.254 e. The molecule has 1 N–H and O–H groups in total. The summed E-state index contributed by atoms with van der Waals surface area (Å²) in [5.41, 5.74) is 3.87. The van der Waals surface area contributed by atoms with Crippen LogP contribution in [0.5, 0.6) is 5.75 Å². The predicted molar refractivity (Wildman–Crippen MR) is 131 cm³/mol. The molecule has 0 saturated carbocycles. The molecule has 0 bridgehead atoms. The minimum absolute atomic E-state index is 0.0228. The first-order chi connectivity index (χ1) is 16.3. The molecule has 1 aliphatic rings. The summed E-state index contributed by atoms with van der Waals surface area (Å²) in [6.07, 6.45) is 1.75. The van der Waals surface area contributed by atoms with E-state index in [2.05, 4.69) is 23.8 Å². The lowest BCUT2D eigenvalue weighted by Crippen LogP contribution is -2.48. The Bertz CT molecular complexity index is 1360. The van der Waals surface area contributed by atoms with E-state index in [0.29, 0.717) is 43.1 Å². The molecule has 1 aliphatic heterocycles. The number of amides is 1. The maximum Gasteiger partial charge on any atom is 0.254 e. The Labute approximate surface area is 198 Å². The Kier molecular flexibility index (Phi) is 5.51. The number of nitrogens with zero attached hydrogens (tertiary/aromatic N) is 5. The molecule has 5 rings (SSSR count). The van der Waals surface area contributed by atoms with Crippen molar-refractivity contribution < 1.29 is 14.3 Å². The van der Waals surface area contributed by atoms with E-state index < -0.39 is 0 Å². The minimum Gasteiger partial charge on any atom is -0.508 e. The molecule has 3 aromatic heterocycles. The van der Waals surface area contributed by atoms with Gasteiger partial charge in [0.15, 0.2) is 5.65 Å². The number of benzene rings is 1. The van der Waals surface area contributed by atoms with Crippen LogP contribution in [0.2, 0.25) is 0 Å². The largest absolute Gasteiger partial charge is 0.508 e. The second-order valence-corrected chi connectivity index (χ2v) is 9.10. The van der Waals surface area contributed by atoms with E-state index in [-0.39, 0.29) is 17.7 Å². The minimum atomic E-state index is -0.0228. The number of piperazine rings is 1. The highest BCUT2D eigenvalue weighted by atomic mass is 16.3. The average molecular weight is 460 g/mol. The Morgan fingerprint density at radius 2 is 1.85 bits per heavy atom. The van der Waals surface area contributed by atoms with Crippen LogP contribution in [0.1, 0.15) is 41.8 Å². The fourth-order valence-corrected chi connectivity index (χ4v) is 4.62. The summed E-state index contributed by atoms with van der Waals surface area (Å²) in [5, 5.41) is 15.1. The monoisotopic (exact) mass is 459 g/mol. The SMILES string of the molecule is Cc1cc(-c2cc(C(=O)N3CCN(c4cccc(O)c4)CC3)c3cnn(C(C)C)c3n2)c(C)o1. The van der Waals surface area contributed by atoms with Crippen molar-refractivity contribution in [2.75, 3.05) is 31.1 Å². The van der Waals surface area contributed by atoms with Gasteiger partial charge in [-0.2, -0.15) is 5.10 Å². The van der Waals surface area contributed by atoms with Crippen molar-refractivity contribution >= 4 is 22.6 Å². The summed E-state index contributed by atoms with van der Waals surface area (Å²) < 4.78 is 7.60. The molecule has 0 aliphatic carbocycles. The first kappa shape index (κ1) is 22.0.